The van der Waals surface area contributed by atoms with Crippen LogP contribution in [-0.2, 0) is 9.53 Å². The van der Waals surface area contributed by atoms with Gasteiger partial charge in [-0.2, -0.15) is 0 Å². The smallest absolute Gasteiger partial charge is 0.305 e. The Morgan fingerprint density at radius 3 is 2.77 bits per heavy atom. The standard InChI is InChI=1S/C9H20N2O2/c1-11-7-8-13-9(12)5-3-2-4-6-10/h11H,2-8,10H2,1H3. The third-order valence-corrected chi connectivity index (χ3v) is 1.70. The van der Waals surface area contributed by atoms with Crippen LogP contribution in [0, 0.1) is 0 Å². The first-order valence-corrected chi connectivity index (χ1v) is 4.81. The van der Waals surface area contributed by atoms with Crippen LogP contribution >= 0.6 is 0 Å². The lowest BCUT2D eigenvalue weighted by Crippen LogP contribution is -2.17. The molecule has 0 aliphatic rings. The summed E-state index contributed by atoms with van der Waals surface area (Å²) in [6.07, 6.45) is 3.40. The largest absolute Gasteiger partial charge is 0.464 e. The zero-order valence-corrected chi connectivity index (χ0v) is 8.34. The number of carbonyl (C=O) groups is 1. The van der Waals surface area contributed by atoms with Gasteiger partial charge >= 0.3 is 5.97 Å². The number of hydrogen-bond acceptors (Lipinski definition) is 4. The van der Waals surface area contributed by atoms with Crippen LogP contribution in [0.25, 0.3) is 0 Å². The Bertz CT molecular complexity index is 129. The monoisotopic (exact) mass is 188 g/mol. The SMILES string of the molecule is CNCCOC(=O)CCCCCN. The molecule has 4 nitrogen and oxygen atoms in total. The first kappa shape index (κ1) is 12.4. The third kappa shape index (κ3) is 9.30. The van der Waals surface area contributed by atoms with E-state index in [2.05, 4.69) is 5.32 Å². The van der Waals surface area contributed by atoms with E-state index >= 15 is 0 Å². The summed E-state index contributed by atoms with van der Waals surface area (Å²) >= 11 is 0. The molecule has 0 aromatic heterocycles. The Morgan fingerprint density at radius 2 is 2.15 bits per heavy atom. The van der Waals surface area contributed by atoms with Crippen molar-refractivity contribution >= 4 is 5.97 Å². The van der Waals surface area contributed by atoms with Crippen LogP contribution in [0.2, 0.25) is 0 Å². The highest BCUT2D eigenvalue weighted by Crippen LogP contribution is 1.99. The van der Waals surface area contributed by atoms with E-state index in [-0.39, 0.29) is 5.97 Å². The molecule has 0 heterocycles. The van der Waals surface area contributed by atoms with Gasteiger partial charge in [-0.15, -0.1) is 0 Å². The quantitative estimate of drug-likeness (QED) is 0.424. The molecule has 0 unspecified atom stereocenters. The van der Waals surface area contributed by atoms with E-state index in [1.165, 1.54) is 0 Å². The Labute approximate surface area is 79.8 Å². The van der Waals surface area contributed by atoms with Crippen molar-refractivity contribution in [1.82, 2.24) is 5.32 Å². The summed E-state index contributed by atoms with van der Waals surface area (Å²) < 4.78 is 4.93. The van der Waals surface area contributed by atoms with Crippen molar-refractivity contribution < 1.29 is 9.53 Å². The van der Waals surface area contributed by atoms with Gasteiger partial charge < -0.3 is 15.8 Å². The van der Waals surface area contributed by atoms with E-state index in [1.807, 2.05) is 7.05 Å². The highest BCUT2D eigenvalue weighted by Gasteiger charge is 2.00. The molecule has 0 bridgehead atoms. The lowest BCUT2D eigenvalue weighted by molar-refractivity contribution is -0.143. The van der Waals surface area contributed by atoms with Crippen LogP contribution in [0.1, 0.15) is 25.7 Å². The molecule has 0 aliphatic carbocycles. The van der Waals surface area contributed by atoms with Crippen LogP contribution in [-0.4, -0.2) is 32.7 Å². The van der Waals surface area contributed by atoms with Crippen molar-refractivity contribution in [3.05, 3.63) is 0 Å². The average Bonchev–Trinajstić information content (AvgIpc) is 2.13. The first-order valence-electron chi connectivity index (χ1n) is 4.81. The number of nitrogens with one attached hydrogen (secondary N) is 1. The number of ether oxygens (including phenoxy) is 1. The number of rotatable bonds is 8. The van der Waals surface area contributed by atoms with Gasteiger partial charge in [-0.1, -0.05) is 6.42 Å². The van der Waals surface area contributed by atoms with Crippen molar-refractivity contribution in [2.24, 2.45) is 5.73 Å². The molecule has 0 aromatic rings. The van der Waals surface area contributed by atoms with Gasteiger partial charge in [0.15, 0.2) is 0 Å². The molecule has 0 atom stereocenters. The molecule has 0 radical (unpaired) electrons. The first-order chi connectivity index (χ1) is 6.31. The van der Waals surface area contributed by atoms with E-state index in [1.54, 1.807) is 0 Å². The Kier molecular flexibility index (Phi) is 9.03. The summed E-state index contributed by atoms with van der Waals surface area (Å²) in [6, 6.07) is 0. The van der Waals surface area contributed by atoms with E-state index in [0.29, 0.717) is 26.1 Å². The second-order valence-corrected chi connectivity index (χ2v) is 2.92. The van der Waals surface area contributed by atoms with Gasteiger partial charge in [0, 0.05) is 13.0 Å². The summed E-state index contributed by atoms with van der Waals surface area (Å²) in [5, 5.41) is 2.91. The highest BCUT2D eigenvalue weighted by molar-refractivity contribution is 5.69. The van der Waals surface area contributed by atoms with Gasteiger partial charge in [0.2, 0.25) is 0 Å². The number of likely N-dealkylation sites (N-methyl/N-ethyl adjacent to an activating group) is 1. The number of unbranched alkanes of at least 4 members (excludes halogenated alkanes) is 2. The maximum atomic E-state index is 11.0. The van der Waals surface area contributed by atoms with E-state index in [4.69, 9.17) is 10.5 Å². The zero-order valence-electron chi connectivity index (χ0n) is 8.34. The lowest BCUT2D eigenvalue weighted by atomic mass is 10.2. The molecule has 0 saturated carbocycles. The second kappa shape index (κ2) is 9.48. The molecule has 0 aromatic carbocycles. The Balaban J connectivity index is 3.11. The fourth-order valence-corrected chi connectivity index (χ4v) is 0.930. The number of nitrogens with two attached hydrogens (primary N) is 1. The third-order valence-electron chi connectivity index (χ3n) is 1.70. The molecule has 0 fully saturated rings. The van der Waals surface area contributed by atoms with Gasteiger partial charge in [0.25, 0.3) is 0 Å². The molecular weight excluding hydrogens is 168 g/mol. The number of carbonyl (C=O) groups excluding carboxylic acids is 1. The van der Waals surface area contributed by atoms with Crippen molar-refractivity contribution in [1.29, 1.82) is 0 Å². The molecule has 3 N–H and O–H groups in total. The van der Waals surface area contributed by atoms with Crippen LogP contribution in [0.5, 0.6) is 0 Å². The van der Waals surface area contributed by atoms with Crippen LogP contribution in [0.4, 0.5) is 0 Å². The summed E-state index contributed by atoms with van der Waals surface area (Å²) in [5.41, 5.74) is 5.32. The fraction of sp³-hybridized carbons (Fsp3) is 0.889. The van der Waals surface area contributed by atoms with Crippen molar-refractivity contribution in [2.45, 2.75) is 25.7 Å². The van der Waals surface area contributed by atoms with Gasteiger partial charge in [-0.05, 0) is 26.4 Å². The van der Waals surface area contributed by atoms with Crippen LogP contribution in [0.15, 0.2) is 0 Å². The number of hydrogen-bond donors (Lipinski definition) is 2. The predicted octanol–water partition coefficient (Wildman–Crippen LogP) is 0.268. The molecule has 4 heteroatoms. The molecule has 0 spiro atoms. The minimum Gasteiger partial charge on any atom is -0.464 e. The molecular formula is C9H20N2O2. The van der Waals surface area contributed by atoms with Crippen LogP contribution in [0.3, 0.4) is 0 Å². The number of esters is 1. The summed E-state index contributed by atoms with van der Waals surface area (Å²) in [4.78, 5) is 11.0. The van der Waals surface area contributed by atoms with E-state index < -0.39 is 0 Å². The minimum absolute atomic E-state index is 0.104. The van der Waals surface area contributed by atoms with Crippen molar-refractivity contribution in [3.63, 3.8) is 0 Å². The van der Waals surface area contributed by atoms with Crippen LogP contribution < -0.4 is 11.1 Å². The average molecular weight is 188 g/mol. The lowest BCUT2D eigenvalue weighted by Gasteiger charge is -2.03. The second-order valence-electron chi connectivity index (χ2n) is 2.92. The normalized spacial score (nSPS) is 10.0. The predicted molar refractivity (Wildman–Crippen MR) is 52.4 cm³/mol. The molecule has 13 heavy (non-hydrogen) atoms. The maximum Gasteiger partial charge on any atom is 0.305 e. The molecule has 0 rings (SSSR count). The minimum atomic E-state index is -0.104. The zero-order chi connectivity index (χ0) is 9.94. The van der Waals surface area contributed by atoms with Gasteiger partial charge in [0.05, 0.1) is 0 Å². The summed E-state index contributed by atoms with van der Waals surface area (Å²) in [6.45, 7) is 1.88. The van der Waals surface area contributed by atoms with Crippen molar-refractivity contribution in [2.75, 3.05) is 26.7 Å². The molecule has 78 valence electrons. The summed E-state index contributed by atoms with van der Waals surface area (Å²) in [5.74, 6) is -0.104. The van der Waals surface area contributed by atoms with E-state index in [9.17, 15) is 4.79 Å². The van der Waals surface area contributed by atoms with Crippen molar-refractivity contribution in [3.8, 4) is 0 Å². The fourth-order valence-electron chi connectivity index (χ4n) is 0.930. The van der Waals surface area contributed by atoms with Gasteiger partial charge in [0.1, 0.15) is 6.61 Å². The molecule has 0 amide bonds. The maximum absolute atomic E-state index is 11.0. The molecule has 0 saturated heterocycles. The highest BCUT2D eigenvalue weighted by atomic mass is 16.5. The Morgan fingerprint density at radius 1 is 1.38 bits per heavy atom. The van der Waals surface area contributed by atoms with Gasteiger partial charge in [-0.3, -0.25) is 4.79 Å². The Hall–Kier alpha value is -0.610. The van der Waals surface area contributed by atoms with Gasteiger partial charge in [-0.25, -0.2) is 0 Å². The summed E-state index contributed by atoms with van der Waals surface area (Å²) in [7, 11) is 1.83. The molecule has 0 aliphatic heterocycles. The topological polar surface area (TPSA) is 64.3 Å². The van der Waals surface area contributed by atoms with E-state index in [0.717, 1.165) is 19.3 Å².